The molecule has 0 amide bonds. The smallest absolute Gasteiger partial charge is 0.186 e. The molecule has 222 valence electrons. The van der Waals surface area contributed by atoms with Gasteiger partial charge in [-0.1, -0.05) is 41.5 Å². The van der Waals surface area contributed by atoms with Gasteiger partial charge in [0.2, 0.25) is 0 Å². The highest BCUT2D eigenvalue weighted by Crippen LogP contribution is 2.36. The predicted octanol–water partition coefficient (Wildman–Crippen LogP) is 5.15. The van der Waals surface area contributed by atoms with Gasteiger partial charge in [-0.2, -0.15) is 0 Å². The van der Waals surface area contributed by atoms with E-state index in [0.717, 1.165) is 89.5 Å². The standard InChI is InChI=1S/C10H18N2O.C10H17NO2.C10H17NOS/c1-8(2)9-11-6-10(12-9)4-3-5-13-7-10;2*1-8(2)9-11-10(7-13-9)4-3-5-12-6-10/h8H,3-7H2,1-2H3,(H,11,12);2*8H,3-7H2,1-2H3. The molecule has 1 N–H and O–H groups in total. The normalized spacial score (nSPS) is 33.8. The van der Waals surface area contributed by atoms with Gasteiger partial charge in [-0.05, 0) is 38.5 Å². The van der Waals surface area contributed by atoms with Crippen molar-refractivity contribution in [2.24, 2.45) is 32.7 Å². The van der Waals surface area contributed by atoms with E-state index in [1.165, 1.54) is 24.3 Å². The fraction of sp³-hybridized carbons (Fsp3) is 0.900. The largest absolute Gasteiger partial charge is 0.478 e. The first kappa shape index (κ1) is 30.8. The van der Waals surface area contributed by atoms with E-state index in [0.29, 0.717) is 17.8 Å². The van der Waals surface area contributed by atoms with Gasteiger partial charge in [-0.25, -0.2) is 4.99 Å². The second-order valence-electron chi connectivity index (χ2n) is 13.0. The summed E-state index contributed by atoms with van der Waals surface area (Å²) in [5.74, 6) is 4.71. The molecule has 8 nitrogen and oxygen atoms in total. The zero-order valence-electron chi connectivity index (χ0n) is 25.2. The van der Waals surface area contributed by atoms with Crippen molar-refractivity contribution in [1.82, 2.24) is 5.32 Å². The minimum atomic E-state index is -0.0299. The van der Waals surface area contributed by atoms with Crippen LogP contribution in [0.2, 0.25) is 0 Å². The molecule has 0 aromatic carbocycles. The third-order valence-corrected chi connectivity index (χ3v) is 9.62. The zero-order chi connectivity index (χ0) is 27.9. The Morgan fingerprint density at radius 2 is 1.36 bits per heavy atom. The molecule has 9 heteroatoms. The van der Waals surface area contributed by atoms with Gasteiger partial charge in [-0.3, -0.25) is 9.98 Å². The Morgan fingerprint density at radius 3 is 1.82 bits per heavy atom. The average molecular weight is 565 g/mol. The molecule has 0 bridgehead atoms. The Hall–Kier alpha value is -1.16. The molecule has 3 spiro atoms. The number of ether oxygens (including phenoxy) is 4. The Morgan fingerprint density at radius 1 is 0.718 bits per heavy atom. The molecule has 3 atom stereocenters. The summed E-state index contributed by atoms with van der Waals surface area (Å²) in [4.78, 5) is 14.0. The Labute approximate surface area is 240 Å². The van der Waals surface area contributed by atoms with Crippen LogP contribution < -0.4 is 5.32 Å². The number of thioether (sulfide) groups is 1. The lowest BCUT2D eigenvalue weighted by atomic mass is 9.93. The molecule has 0 aromatic heterocycles. The van der Waals surface area contributed by atoms with E-state index in [4.69, 9.17) is 23.9 Å². The summed E-state index contributed by atoms with van der Waals surface area (Å²) in [6.07, 6.45) is 6.98. The lowest BCUT2D eigenvalue weighted by molar-refractivity contribution is 0.0279. The van der Waals surface area contributed by atoms with E-state index >= 15 is 0 Å². The van der Waals surface area contributed by atoms with Crippen LogP contribution in [0.1, 0.15) is 80.1 Å². The van der Waals surface area contributed by atoms with E-state index in [1.54, 1.807) is 0 Å². The third-order valence-electron chi connectivity index (χ3n) is 8.08. The number of hydrogen-bond acceptors (Lipinski definition) is 9. The molecule has 3 unspecified atom stereocenters. The van der Waals surface area contributed by atoms with Gasteiger partial charge in [0.25, 0.3) is 0 Å². The molecule has 0 aromatic rings. The summed E-state index contributed by atoms with van der Waals surface area (Å²) in [5, 5.41) is 4.86. The van der Waals surface area contributed by atoms with E-state index < -0.39 is 0 Å². The van der Waals surface area contributed by atoms with Crippen molar-refractivity contribution in [2.45, 2.75) is 96.7 Å². The molecule has 3 saturated heterocycles. The van der Waals surface area contributed by atoms with Gasteiger partial charge in [0.15, 0.2) is 5.90 Å². The summed E-state index contributed by atoms with van der Waals surface area (Å²) in [6.45, 7) is 19.8. The Kier molecular flexibility index (Phi) is 10.8. The van der Waals surface area contributed by atoms with Crippen molar-refractivity contribution in [1.29, 1.82) is 0 Å². The number of rotatable bonds is 3. The molecule has 6 aliphatic rings. The SMILES string of the molecule is CC(C)C1=NC2(CCCOC2)CO1.CC(C)C1=NC2(CCCOC2)CS1.CC(C)C1=NCC2(CCCOC2)N1. The molecule has 0 aliphatic carbocycles. The first-order valence-corrected chi connectivity index (χ1v) is 16.1. The van der Waals surface area contributed by atoms with Crippen LogP contribution in [0.25, 0.3) is 0 Å². The summed E-state index contributed by atoms with van der Waals surface area (Å²) in [5.41, 5.74) is 0.276. The van der Waals surface area contributed by atoms with E-state index in [-0.39, 0.29) is 16.6 Å². The van der Waals surface area contributed by atoms with Crippen molar-refractivity contribution in [2.75, 3.05) is 58.5 Å². The van der Waals surface area contributed by atoms with Crippen molar-refractivity contribution < 1.29 is 18.9 Å². The number of hydrogen-bond donors (Lipinski definition) is 1. The molecular weight excluding hydrogens is 512 g/mol. The minimum Gasteiger partial charge on any atom is -0.478 e. The van der Waals surface area contributed by atoms with Crippen LogP contribution in [0.15, 0.2) is 15.0 Å². The fourth-order valence-electron chi connectivity index (χ4n) is 5.67. The van der Waals surface area contributed by atoms with E-state index in [2.05, 4.69) is 56.8 Å². The molecule has 6 heterocycles. The summed E-state index contributed by atoms with van der Waals surface area (Å²) >= 11 is 1.93. The van der Waals surface area contributed by atoms with E-state index in [9.17, 15) is 0 Å². The Balaban J connectivity index is 0.000000136. The molecule has 0 saturated carbocycles. The average Bonchev–Trinajstić information content (AvgIpc) is 3.65. The van der Waals surface area contributed by atoms with Crippen LogP contribution in [0.5, 0.6) is 0 Å². The van der Waals surface area contributed by atoms with Gasteiger partial charge in [0.1, 0.15) is 12.1 Å². The van der Waals surface area contributed by atoms with Crippen LogP contribution in [0.3, 0.4) is 0 Å². The van der Waals surface area contributed by atoms with Crippen LogP contribution in [0, 0.1) is 17.8 Å². The first-order valence-electron chi connectivity index (χ1n) is 15.2. The quantitative estimate of drug-likeness (QED) is 0.510. The van der Waals surface area contributed by atoms with Crippen molar-refractivity contribution in [3.8, 4) is 0 Å². The number of aliphatic imine (C=N–C) groups is 3. The van der Waals surface area contributed by atoms with Crippen molar-refractivity contribution in [3.63, 3.8) is 0 Å². The summed E-state index contributed by atoms with van der Waals surface area (Å²) in [7, 11) is 0. The topological polar surface area (TPSA) is 86.0 Å². The zero-order valence-corrected chi connectivity index (χ0v) is 26.0. The highest BCUT2D eigenvalue weighted by molar-refractivity contribution is 8.14. The molecule has 0 radical (unpaired) electrons. The third kappa shape index (κ3) is 8.20. The molecule has 6 aliphatic heterocycles. The fourth-order valence-corrected chi connectivity index (χ4v) is 6.97. The van der Waals surface area contributed by atoms with Crippen LogP contribution in [-0.4, -0.2) is 91.9 Å². The number of nitrogens with zero attached hydrogens (tertiary/aromatic N) is 3. The van der Waals surface area contributed by atoms with Gasteiger partial charge in [0.05, 0.1) is 48.3 Å². The van der Waals surface area contributed by atoms with Gasteiger partial charge in [0, 0.05) is 43.3 Å². The maximum atomic E-state index is 5.58. The monoisotopic (exact) mass is 564 g/mol. The van der Waals surface area contributed by atoms with Crippen LogP contribution in [-0.2, 0) is 18.9 Å². The van der Waals surface area contributed by atoms with Crippen LogP contribution >= 0.6 is 11.8 Å². The van der Waals surface area contributed by atoms with Gasteiger partial charge in [-0.15, -0.1) is 11.8 Å². The lowest BCUT2D eigenvalue weighted by Gasteiger charge is -2.33. The van der Waals surface area contributed by atoms with Crippen molar-refractivity contribution >= 4 is 28.5 Å². The highest BCUT2D eigenvalue weighted by atomic mass is 32.2. The summed E-state index contributed by atoms with van der Waals surface area (Å²) < 4.78 is 22.0. The summed E-state index contributed by atoms with van der Waals surface area (Å²) in [6, 6.07) is 0. The molecule has 3 fully saturated rings. The second-order valence-corrected chi connectivity index (χ2v) is 14.0. The molecule has 39 heavy (non-hydrogen) atoms. The number of nitrogens with one attached hydrogen (secondary N) is 1. The van der Waals surface area contributed by atoms with Crippen molar-refractivity contribution in [3.05, 3.63) is 0 Å². The maximum Gasteiger partial charge on any atom is 0.186 e. The minimum absolute atomic E-state index is 0.0299. The maximum absolute atomic E-state index is 5.58. The number of amidine groups is 1. The van der Waals surface area contributed by atoms with E-state index in [1.807, 2.05) is 11.8 Å². The molecular formula is C30H52N4O4S. The Bertz CT molecular complexity index is 835. The first-order chi connectivity index (χ1) is 18.7. The molecule has 6 rings (SSSR count). The lowest BCUT2D eigenvalue weighted by Crippen LogP contribution is -2.52. The highest BCUT2D eigenvalue weighted by Gasteiger charge is 2.40. The predicted molar refractivity (Wildman–Crippen MR) is 162 cm³/mol. The van der Waals surface area contributed by atoms with Gasteiger partial charge < -0.3 is 24.3 Å². The van der Waals surface area contributed by atoms with Crippen LogP contribution in [0.4, 0.5) is 0 Å². The van der Waals surface area contributed by atoms with Gasteiger partial charge >= 0.3 is 0 Å². The second kappa shape index (κ2) is 13.7.